The van der Waals surface area contributed by atoms with E-state index in [1.807, 2.05) is 0 Å². The molecule has 3 aromatic rings. The molecule has 5 rings (SSSR count). The summed E-state index contributed by atoms with van der Waals surface area (Å²) in [5, 5.41) is -0.161. The molecule has 0 N–H and O–H groups in total. The molecule has 39 heavy (non-hydrogen) atoms. The van der Waals surface area contributed by atoms with Crippen molar-refractivity contribution < 1.29 is 30.7 Å². The normalized spacial score (nSPS) is 20.2. The van der Waals surface area contributed by atoms with Crippen molar-refractivity contribution in [1.29, 1.82) is 0 Å². The van der Waals surface area contributed by atoms with Crippen LogP contribution in [0.2, 0.25) is 0 Å². The van der Waals surface area contributed by atoms with Gasteiger partial charge in [0.05, 0.1) is 47.8 Å². The number of sulfonamides is 1. The maximum atomic E-state index is 13.7. The predicted octanol–water partition coefficient (Wildman–Crippen LogP) is 3.55. The number of imidazole rings is 1. The van der Waals surface area contributed by atoms with Crippen molar-refractivity contribution in [2.45, 2.75) is 66.8 Å². The van der Waals surface area contributed by atoms with Gasteiger partial charge in [0.15, 0.2) is 0 Å². The minimum atomic E-state index is -3.94. The smallest absolute Gasteiger partial charge is 0.243 e. The fourth-order valence-corrected chi connectivity index (χ4v) is 7.97. The Morgan fingerprint density at radius 1 is 0.923 bits per heavy atom. The monoisotopic (exact) mass is 577 g/mol. The number of ether oxygens (including phenoxy) is 2. The lowest BCUT2D eigenvalue weighted by Crippen LogP contribution is -2.37. The molecule has 2 atom stereocenters. The molecule has 0 aliphatic carbocycles. The summed E-state index contributed by atoms with van der Waals surface area (Å²) < 4.78 is 82.3. The van der Waals surface area contributed by atoms with Crippen molar-refractivity contribution in [1.82, 2.24) is 13.9 Å². The summed E-state index contributed by atoms with van der Waals surface area (Å²) in [6.45, 7) is 1.45. The molecule has 9 nitrogen and oxygen atoms in total. The molecule has 1 aromatic heterocycles. The van der Waals surface area contributed by atoms with Crippen LogP contribution in [0.5, 0.6) is 0 Å². The van der Waals surface area contributed by atoms with Gasteiger partial charge in [-0.05, 0) is 55.5 Å². The Bertz CT molecular complexity index is 1470. The van der Waals surface area contributed by atoms with Crippen molar-refractivity contribution in [2.24, 2.45) is 0 Å². The fourth-order valence-electron chi connectivity index (χ4n) is 5.00. The van der Waals surface area contributed by atoms with Crippen molar-refractivity contribution in [2.75, 3.05) is 19.8 Å². The van der Waals surface area contributed by atoms with Crippen LogP contribution in [0.1, 0.15) is 36.9 Å². The zero-order chi connectivity index (χ0) is 27.5. The first-order valence-electron chi connectivity index (χ1n) is 13.0. The van der Waals surface area contributed by atoms with Crippen molar-refractivity contribution >= 4 is 19.9 Å². The van der Waals surface area contributed by atoms with Crippen molar-refractivity contribution in [3.63, 3.8) is 0 Å². The summed E-state index contributed by atoms with van der Waals surface area (Å²) in [6.07, 6.45) is 4.18. The van der Waals surface area contributed by atoms with Gasteiger partial charge in [-0.3, -0.25) is 0 Å². The van der Waals surface area contributed by atoms with Gasteiger partial charge < -0.3 is 14.0 Å². The van der Waals surface area contributed by atoms with E-state index in [0.717, 1.165) is 25.7 Å². The lowest BCUT2D eigenvalue weighted by atomic mass is 10.2. The Labute approximate surface area is 228 Å². The second-order valence-electron chi connectivity index (χ2n) is 9.91. The van der Waals surface area contributed by atoms with Crippen LogP contribution in [0.3, 0.4) is 0 Å². The highest BCUT2D eigenvalue weighted by molar-refractivity contribution is 7.90. The number of hydrogen-bond donors (Lipinski definition) is 0. The van der Waals surface area contributed by atoms with Gasteiger partial charge in [0.1, 0.15) is 5.82 Å². The third-order valence-corrected chi connectivity index (χ3v) is 10.4. The molecule has 0 spiro atoms. The third kappa shape index (κ3) is 6.58. The Balaban J connectivity index is 1.50. The highest BCUT2D eigenvalue weighted by atomic mass is 32.2. The van der Waals surface area contributed by atoms with Gasteiger partial charge in [-0.15, -0.1) is 0 Å². The molecule has 12 heteroatoms. The zero-order valence-electron chi connectivity index (χ0n) is 21.5. The van der Waals surface area contributed by atoms with Crippen LogP contribution < -0.4 is 0 Å². The molecule has 0 bridgehead atoms. The van der Waals surface area contributed by atoms with Crippen LogP contribution in [0, 0.1) is 5.82 Å². The van der Waals surface area contributed by atoms with E-state index in [0.29, 0.717) is 24.5 Å². The summed E-state index contributed by atoms with van der Waals surface area (Å²) in [5.74, 6) is -0.818. The van der Waals surface area contributed by atoms with Gasteiger partial charge in [0.25, 0.3) is 0 Å². The second-order valence-corrected chi connectivity index (χ2v) is 13.7. The molecule has 3 heterocycles. The number of sulfone groups is 1. The lowest BCUT2D eigenvalue weighted by molar-refractivity contribution is 0.0884. The molecule has 2 aliphatic rings. The van der Waals surface area contributed by atoms with E-state index < -0.39 is 25.7 Å². The van der Waals surface area contributed by atoms with Crippen LogP contribution in [-0.4, -0.2) is 62.7 Å². The van der Waals surface area contributed by atoms with E-state index in [1.54, 1.807) is 34.9 Å². The summed E-state index contributed by atoms with van der Waals surface area (Å²) >= 11 is 0. The molecular weight excluding hydrogens is 545 g/mol. The van der Waals surface area contributed by atoms with Crippen molar-refractivity contribution in [3.05, 3.63) is 77.9 Å². The molecule has 0 unspecified atom stereocenters. The minimum Gasteiger partial charge on any atom is -0.377 e. The zero-order valence-corrected chi connectivity index (χ0v) is 23.1. The van der Waals surface area contributed by atoms with E-state index >= 15 is 0 Å². The first kappa shape index (κ1) is 27.9. The second kappa shape index (κ2) is 11.8. The highest BCUT2D eigenvalue weighted by Crippen LogP contribution is 2.26. The molecule has 0 amide bonds. The SMILES string of the molecule is O=S(=O)(Cc1ccc(F)cc1)c1ncc(CN(C[C@@H]2CCCO2)S(=O)(=O)c2ccccc2)n1C[C@@H]1CCCO1. The number of rotatable bonds is 11. The van der Waals surface area contributed by atoms with Gasteiger partial charge in [-0.2, -0.15) is 4.31 Å². The summed E-state index contributed by atoms with van der Waals surface area (Å²) in [7, 11) is -7.86. The van der Waals surface area contributed by atoms with E-state index in [2.05, 4.69) is 4.98 Å². The predicted molar refractivity (Wildman–Crippen MR) is 142 cm³/mol. The number of halogens is 1. The summed E-state index contributed by atoms with van der Waals surface area (Å²) in [5.41, 5.74) is 0.872. The number of nitrogens with zero attached hydrogens (tertiary/aromatic N) is 3. The Morgan fingerprint density at radius 2 is 1.59 bits per heavy atom. The maximum Gasteiger partial charge on any atom is 0.243 e. The Hall–Kier alpha value is -2.64. The summed E-state index contributed by atoms with van der Waals surface area (Å²) in [4.78, 5) is 4.43. The molecule has 210 valence electrons. The van der Waals surface area contributed by atoms with Gasteiger partial charge in [0.2, 0.25) is 25.0 Å². The average Bonchev–Trinajstić information content (AvgIpc) is 3.70. The fraction of sp³-hybridized carbons (Fsp3) is 0.444. The third-order valence-electron chi connectivity index (χ3n) is 7.01. The number of aromatic nitrogens is 2. The van der Waals surface area contributed by atoms with E-state index in [1.165, 1.54) is 34.8 Å². The van der Waals surface area contributed by atoms with Crippen LogP contribution in [-0.2, 0) is 48.2 Å². The Morgan fingerprint density at radius 3 is 2.23 bits per heavy atom. The van der Waals surface area contributed by atoms with E-state index in [-0.39, 0.29) is 47.6 Å². The van der Waals surface area contributed by atoms with Gasteiger partial charge in [0, 0.05) is 19.8 Å². The molecule has 0 radical (unpaired) electrons. The molecular formula is C27H32FN3O6S2. The van der Waals surface area contributed by atoms with E-state index in [4.69, 9.17) is 9.47 Å². The molecule has 2 aliphatic heterocycles. The number of hydrogen-bond acceptors (Lipinski definition) is 7. The number of benzene rings is 2. The average molecular weight is 578 g/mol. The first-order chi connectivity index (χ1) is 18.7. The summed E-state index contributed by atoms with van der Waals surface area (Å²) in [6, 6.07) is 13.4. The molecule has 0 saturated carbocycles. The minimum absolute atomic E-state index is 0.0805. The van der Waals surface area contributed by atoms with Gasteiger partial charge in [-0.1, -0.05) is 30.3 Å². The highest BCUT2D eigenvalue weighted by Gasteiger charge is 2.33. The van der Waals surface area contributed by atoms with Crippen LogP contribution in [0.15, 0.2) is 70.8 Å². The van der Waals surface area contributed by atoms with E-state index in [9.17, 15) is 21.2 Å². The topological polar surface area (TPSA) is 108 Å². The van der Waals surface area contributed by atoms with Gasteiger partial charge in [-0.25, -0.2) is 26.2 Å². The molecule has 2 saturated heterocycles. The van der Waals surface area contributed by atoms with Crippen LogP contribution >= 0.6 is 0 Å². The quantitative estimate of drug-likeness (QED) is 0.343. The first-order valence-corrected chi connectivity index (χ1v) is 16.1. The molecule has 2 aromatic carbocycles. The Kier molecular flexibility index (Phi) is 8.48. The van der Waals surface area contributed by atoms with Crippen LogP contribution in [0.25, 0.3) is 0 Å². The maximum absolute atomic E-state index is 13.7. The van der Waals surface area contributed by atoms with Crippen LogP contribution in [0.4, 0.5) is 4.39 Å². The largest absolute Gasteiger partial charge is 0.377 e. The molecule has 2 fully saturated rings. The lowest BCUT2D eigenvalue weighted by Gasteiger charge is -2.26. The van der Waals surface area contributed by atoms with Crippen molar-refractivity contribution in [3.8, 4) is 0 Å². The standard InChI is InChI=1S/C27H32FN3O6S2/c28-22-12-10-21(11-13-22)20-38(32,33)27-29-16-23(31(27)19-25-7-5-15-37-25)17-30(18-24-6-4-14-36-24)39(34,35)26-8-2-1-3-9-26/h1-3,8-13,16,24-25H,4-7,14-15,17-20H2/t24-,25-/m0/s1. The van der Waals surface area contributed by atoms with Gasteiger partial charge >= 0.3 is 0 Å².